The summed E-state index contributed by atoms with van der Waals surface area (Å²) < 4.78 is 28.7. The minimum atomic E-state index is -1.68. The summed E-state index contributed by atoms with van der Waals surface area (Å²) in [5, 5.41) is -0.127. The lowest BCUT2D eigenvalue weighted by Crippen LogP contribution is -2.22. The number of ether oxygens (including phenoxy) is 3. The number of thioether (sulfide) groups is 1. The molecule has 0 bridgehead atoms. The first kappa shape index (κ1) is 38.3. The summed E-state index contributed by atoms with van der Waals surface area (Å²) in [6.45, 7) is 4.79. The van der Waals surface area contributed by atoms with Gasteiger partial charge in [-0.2, -0.15) is 0 Å². The van der Waals surface area contributed by atoms with Crippen LogP contribution >= 0.6 is 11.8 Å². The monoisotopic (exact) mass is 728 g/mol. The first-order valence-electron chi connectivity index (χ1n) is 17.2. The van der Waals surface area contributed by atoms with Crippen LogP contribution in [-0.2, 0) is 30.5 Å². The van der Waals surface area contributed by atoms with Gasteiger partial charge in [0.15, 0.2) is 6.17 Å². The van der Waals surface area contributed by atoms with Crippen molar-refractivity contribution in [3.63, 3.8) is 0 Å². The molecule has 0 saturated heterocycles. The number of carbonyl (C=O) groups excluding carboxylic acids is 4. The second kappa shape index (κ2) is 19.1. The quantitative estimate of drug-likeness (QED) is 0.0527. The van der Waals surface area contributed by atoms with Crippen LogP contribution in [0.3, 0.4) is 0 Å². The third-order valence-corrected chi connectivity index (χ3v) is 9.04. The molecule has 0 radical (unpaired) electrons. The van der Waals surface area contributed by atoms with Gasteiger partial charge in [-0.1, -0.05) is 48.8 Å². The van der Waals surface area contributed by atoms with E-state index in [1.165, 1.54) is 0 Å². The Kier molecular flexibility index (Phi) is 13.8. The summed E-state index contributed by atoms with van der Waals surface area (Å²) >= 11 is 1.08. The highest BCUT2D eigenvalue weighted by Gasteiger charge is 2.21. The molecule has 1 atom stereocenters. The molecule has 0 aliphatic heterocycles. The van der Waals surface area contributed by atoms with Gasteiger partial charge in [0.25, 0.3) is 0 Å². The van der Waals surface area contributed by atoms with E-state index >= 15 is 0 Å². The van der Waals surface area contributed by atoms with E-state index < -0.39 is 24.1 Å². The Bertz CT molecular complexity index is 2060. The molecule has 4 aromatic rings. The van der Waals surface area contributed by atoms with E-state index in [1.807, 2.05) is 24.3 Å². The first-order valence-corrected chi connectivity index (χ1v) is 18.0. The highest BCUT2D eigenvalue weighted by molar-refractivity contribution is 8.14. The van der Waals surface area contributed by atoms with Crippen molar-refractivity contribution in [2.75, 3.05) is 0 Å². The smallest absolute Gasteiger partial charge is 0.340 e. The van der Waals surface area contributed by atoms with Crippen LogP contribution in [0.15, 0.2) is 114 Å². The lowest BCUT2D eigenvalue weighted by Gasteiger charge is -2.21. The Labute approximate surface area is 312 Å². The molecule has 1 aliphatic carbocycles. The Morgan fingerprint density at radius 1 is 0.755 bits per heavy atom. The molecule has 4 aromatic carbocycles. The number of carbonyl (C=O) groups is 4. The van der Waals surface area contributed by atoms with Crippen molar-refractivity contribution < 1.29 is 37.8 Å². The molecule has 1 fully saturated rings. The molecule has 1 unspecified atom stereocenters. The van der Waals surface area contributed by atoms with Gasteiger partial charge in [-0.05, 0) is 135 Å². The molecule has 1 saturated carbocycles. The van der Waals surface area contributed by atoms with Crippen LogP contribution in [0.1, 0.15) is 83.6 Å². The Morgan fingerprint density at radius 3 is 1.79 bits per heavy atom. The molecule has 0 heterocycles. The predicted molar refractivity (Wildman–Crippen MR) is 201 cm³/mol. The second-order valence-corrected chi connectivity index (χ2v) is 13.4. The van der Waals surface area contributed by atoms with Gasteiger partial charge in [0, 0.05) is 38.3 Å². The van der Waals surface area contributed by atoms with Crippen molar-refractivity contribution in [2.45, 2.75) is 69.2 Å². The van der Waals surface area contributed by atoms with E-state index in [1.54, 1.807) is 72.8 Å². The van der Waals surface area contributed by atoms with Crippen molar-refractivity contribution >= 4 is 34.8 Å². The van der Waals surface area contributed by atoms with Crippen LogP contribution in [-0.4, -0.2) is 35.3 Å². The molecule has 0 N–H and O–H groups in total. The van der Waals surface area contributed by atoms with Crippen molar-refractivity contribution in [2.24, 2.45) is 0 Å². The maximum atomic E-state index is 12.9. The van der Waals surface area contributed by atoms with Gasteiger partial charge in [0.2, 0.25) is 5.12 Å². The average Bonchev–Trinajstić information content (AvgIpc) is 3.17. The summed E-state index contributed by atoms with van der Waals surface area (Å²) in [6.07, 6.45) is 3.00. The van der Waals surface area contributed by atoms with Gasteiger partial charge >= 0.3 is 17.9 Å². The third kappa shape index (κ3) is 12.4. The Balaban J connectivity index is 1.07. The number of halogens is 1. The van der Waals surface area contributed by atoms with Crippen LogP contribution < -0.4 is 4.74 Å². The summed E-state index contributed by atoms with van der Waals surface area (Å²) in [5.74, 6) is 10.7. The third-order valence-electron chi connectivity index (χ3n) is 8.11. The zero-order valence-electron chi connectivity index (χ0n) is 29.2. The van der Waals surface area contributed by atoms with Crippen LogP contribution in [0.25, 0.3) is 0 Å². The maximum Gasteiger partial charge on any atom is 0.340 e. The van der Waals surface area contributed by atoms with Crippen LogP contribution in [0.2, 0.25) is 0 Å². The van der Waals surface area contributed by atoms with Crippen LogP contribution in [0.5, 0.6) is 5.75 Å². The van der Waals surface area contributed by atoms with Crippen LogP contribution in [0.4, 0.5) is 4.39 Å². The second-order valence-electron chi connectivity index (χ2n) is 12.4. The van der Waals surface area contributed by atoms with Gasteiger partial charge < -0.3 is 14.2 Å². The number of hydrogen-bond acceptors (Lipinski definition) is 8. The molecule has 7 nitrogen and oxygen atoms in total. The largest absolute Gasteiger partial charge is 0.462 e. The van der Waals surface area contributed by atoms with Gasteiger partial charge in [-0.3, -0.25) is 9.59 Å². The summed E-state index contributed by atoms with van der Waals surface area (Å²) in [5.41, 5.74) is 4.36. The molecule has 53 heavy (non-hydrogen) atoms. The Hall–Kier alpha value is -5.90. The van der Waals surface area contributed by atoms with Gasteiger partial charge in [0.1, 0.15) is 18.5 Å². The van der Waals surface area contributed by atoms with Gasteiger partial charge in [-0.15, -0.1) is 0 Å². The van der Waals surface area contributed by atoms with E-state index in [0.29, 0.717) is 16.9 Å². The van der Waals surface area contributed by atoms with E-state index in [9.17, 15) is 23.6 Å². The molecule has 0 spiro atoms. The van der Waals surface area contributed by atoms with E-state index in [2.05, 4.69) is 30.3 Å². The van der Waals surface area contributed by atoms with Crippen molar-refractivity contribution in [1.29, 1.82) is 0 Å². The zero-order valence-corrected chi connectivity index (χ0v) is 30.0. The van der Waals surface area contributed by atoms with Crippen molar-refractivity contribution in [1.82, 2.24) is 0 Å². The minimum absolute atomic E-state index is 0.0354. The molecule has 0 aromatic heterocycles. The molecular weight excluding hydrogens is 692 g/mol. The van der Waals surface area contributed by atoms with Crippen molar-refractivity contribution in [3.05, 3.63) is 143 Å². The molecule has 1 aliphatic rings. The summed E-state index contributed by atoms with van der Waals surface area (Å²) in [4.78, 5) is 49.4. The minimum Gasteiger partial charge on any atom is -0.462 e. The van der Waals surface area contributed by atoms with E-state index in [-0.39, 0.29) is 29.8 Å². The maximum absolute atomic E-state index is 12.9. The molecule has 5 rings (SSSR count). The number of alkyl halides is 1. The number of esters is 3. The standard InChI is InChI=1S/C44H37FO7S/c1-30(28-41(46)51-38-6-4-3-5-7-38)42(47)52-39-24-18-35(19-25-39)15-13-33-10-8-32(9-11-33)12-14-34-16-22-37(23-17-34)44(49)53-40-26-20-36(21-27-40)29-50-43(48)31(2)45/h8-11,16-27,31,38H,1,3-7,28-29H2,2H3. The highest BCUT2D eigenvalue weighted by atomic mass is 32.2. The predicted octanol–water partition coefficient (Wildman–Crippen LogP) is 8.55. The Morgan fingerprint density at radius 2 is 1.26 bits per heavy atom. The normalized spacial score (nSPS) is 12.9. The zero-order chi connectivity index (χ0) is 37.6. The SMILES string of the molecule is C=C(CC(=O)OC1CCCCC1)C(=O)Oc1ccc(C#Cc2ccc(C#Cc3ccc(C(=O)Sc4ccc(COC(=O)C(C)F)cc4)cc3)cc2)cc1. The lowest BCUT2D eigenvalue weighted by molar-refractivity contribution is -0.151. The number of hydrogen-bond donors (Lipinski definition) is 0. The van der Waals surface area contributed by atoms with Crippen LogP contribution in [0, 0.1) is 23.7 Å². The van der Waals surface area contributed by atoms with Gasteiger partial charge in [-0.25, -0.2) is 14.0 Å². The molecule has 268 valence electrons. The molecule has 9 heteroatoms. The topological polar surface area (TPSA) is 96.0 Å². The molecule has 0 amide bonds. The average molecular weight is 729 g/mol. The molecular formula is C44H37FO7S. The first-order chi connectivity index (χ1) is 25.6. The summed E-state index contributed by atoms with van der Waals surface area (Å²) in [7, 11) is 0. The number of rotatable bonds is 10. The lowest BCUT2D eigenvalue weighted by atomic mass is 9.98. The fraction of sp³-hybridized carbons (Fsp3) is 0.227. The van der Waals surface area contributed by atoms with Crippen molar-refractivity contribution in [3.8, 4) is 29.4 Å². The fourth-order valence-corrected chi connectivity index (χ4v) is 5.89. The van der Waals surface area contributed by atoms with E-state index in [0.717, 1.165) is 77.9 Å². The van der Waals surface area contributed by atoms with Gasteiger partial charge in [0.05, 0.1) is 6.42 Å². The van der Waals surface area contributed by atoms with E-state index in [4.69, 9.17) is 14.2 Å². The summed E-state index contributed by atoms with van der Waals surface area (Å²) in [6, 6.07) is 28.3. The number of benzene rings is 4. The fourth-order valence-electron chi connectivity index (χ4n) is 5.15. The highest BCUT2D eigenvalue weighted by Crippen LogP contribution is 2.24.